The van der Waals surface area contributed by atoms with Crippen molar-refractivity contribution in [2.24, 2.45) is 22.9 Å². The second kappa shape index (κ2) is 37.5. The van der Waals surface area contributed by atoms with Gasteiger partial charge in [0.05, 0.1) is 0 Å². The lowest BCUT2D eigenvalue weighted by atomic mass is 10.3. The van der Waals surface area contributed by atoms with Crippen molar-refractivity contribution in [1.29, 1.82) is 0 Å². The Hall–Kier alpha value is -6.65. The predicted octanol–water partition coefficient (Wildman–Crippen LogP) is 2.67. The van der Waals surface area contributed by atoms with Crippen LogP contribution >= 0.6 is 35.3 Å². The molecular weight excluding hydrogens is 1100 g/mol. The van der Waals surface area contributed by atoms with Crippen molar-refractivity contribution in [2.75, 3.05) is 138 Å². The summed E-state index contributed by atoms with van der Waals surface area (Å²) in [4.78, 5) is 83.5. The number of rotatable bonds is 43. The van der Waals surface area contributed by atoms with E-state index in [2.05, 4.69) is 118 Å². The van der Waals surface area contributed by atoms with Crippen molar-refractivity contribution in [2.45, 2.75) is 120 Å². The summed E-state index contributed by atoms with van der Waals surface area (Å²) in [5.74, 6) is 11.4. The first-order valence-corrected chi connectivity index (χ1v) is 31.2. The maximum atomic E-state index is 5.82. The van der Waals surface area contributed by atoms with Gasteiger partial charge in [-0.25, -0.2) is 19.9 Å². The fourth-order valence-corrected chi connectivity index (χ4v) is 9.24. The summed E-state index contributed by atoms with van der Waals surface area (Å²) < 4.78 is 0. The number of aryl methyl sites for hydroxylation is 7. The molecule has 0 aliphatic carbocycles. The molecule has 446 valence electrons. The van der Waals surface area contributed by atoms with Gasteiger partial charge in [0.15, 0.2) is 15.5 Å². The number of thioether (sulfide) groups is 3. The van der Waals surface area contributed by atoms with Crippen LogP contribution < -0.4 is 65.5 Å². The molecule has 16 N–H and O–H groups in total. The van der Waals surface area contributed by atoms with Gasteiger partial charge in [0.1, 0.15) is 40.8 Å². The molecule has 0 saturated carbocycles. The number of nitrogens with zero attached hydrogens (tertiary/aromatic N) is 18. The Kier molecular flexibility index (Phi) is 29.5. The molecule has 0 saturated heterocycles. The van der Waals surface area contributed by atoms with E-state index < -0.39 is 0 Å². The third kappa shape index (κ3) is 24.4. The second-order valence-corrected chi connectivity index (χ2v) is 21.7. The third-order valence-electron chi connectivity index (χ3n) is 11.1. The van der Waals surface area contributed by atoms with Gasteiger partial charge >= 0.3 is 0 Å². The highest BCUT2D eigenvalue weighted by atomic mass is 32.2. The van der Waals surface area contributed by atoms with Crippen LogP contribution in [0.15, 0.2) is 15.5 Å². The van der Waals surface area contributed by atoms with Crippen molar-refractivity contribution in [3.8, 4) is 0 Å². The number of nitrogens with two attached hydrogens (primary N) is 4. The lowest BCUT2D eigenvalue weighted by Gasteiger charge is -2.12. The zero-order chi connectivity index (χ0) is 58.0. The summed E-state index contributed by atoms with van der Waals surface area (Å²) in [5.41, 5.74) is 23.0. The maximum absolute atomic E-state index is 5.82. The zero-order valence-corrected chi connectivity index (χ0v) is 50.1. The Morgan fingerprint density at radius 2 is 0.512 bits per heavy atom. The minimum Gasteiger partial charge on any atom is -0.354 e. The molecule has 0 aromatic carbocycles. The Morgan fingerprint density at radius 1 is 0.268 bits per heavy atom. The van der Waals surface area contributed by atoms with Gasteiger partial charge in [-0.1, -0.05) is 56.1 Å². The highest BCUT2D eigenvalue weighted by Gasteiger charge is 2.14. The lowest BCUT2D eigenvalue weighted by Crippen LogP contribution is -2.18. The number of anilines is 8. The molecule has 0 atom stereocenters. The Balaban J connectivity index is 0.965. The first kappa shape index (κ1) is 64.5. The maximum Gasteiger partial charge on any atom is 0.227 e. The fraction of sp³-hybridized carbons (Fsp3) is 0.633. The summed E-state index contributed by atoms with van der Waals surface area (Å²) in [6, 6.07) is 0. The van der Waals surface area contributed by atoms with Crippen LogP contribution in [0, 0.1) is 6.92 Å². The van der Waals surface area contributed by atoms with Crippen LogP contribution in [0.1, 0.15) is 100 Å². The van der Waals surface area contributed by atoms with Gasteiger partial charge in [0.2, 0.25) is 47.6 Å². The Morgan fingerprint density at radius 3 is 0.793 bits per heavy atom. The molecule has 0 radical (unpaired) electrons. The minimum atomic E-state index is 0.431. The summed E-state index contributed by atoms with van der Waals surface area (Å²) >= 11 is 4.73. The topological polar surface area (TPSA) is 432 Å². The monoisotopic (exact) mass is 1190 g/mol. The van der Waals surface area contributed by atoms with Crippen molar-refractivity contribution < 1.29 is 0 Å². The van der Waals surface area contributed by atoms with Gasteiger partial charge in [-0.2, -0.15) is 69.8 Å². The van der Waals surface area contributed by atoms with Crippen LogP contribution in [-0.4, -0.2) is 186 Å². The van der Waals surface area contributed by atoms with E-state index in [0.717, 1.165) is 61.0 Å². The van der Waals surface area contributed by atoms with Gasteiger partial charge in [0, 0.05) is 111 Å². The number of hydrogen-bond donors (Lipinski definition) is 12. The van der Waals surface area contributed by atoms with E-state index in [0.29, 0.717) is 216 Å². The van der Waals surface area contributed by atoms with Crippen molar-refractivity contribution in [3.05, 3.63) is 40.8 Å². The average Bonchev–Trinajstić information content (AvgIpc) is 3.50. The Labute approximate surface area is 492 Å². The van der Waals surface area contributed by atoms with E-state index in [1.54, 1.807) is 35.3 Å². The van der Waals surface area contributed by atoms with Gasteiger partial charge in [-0.3, -0.25) is 0 Å². The zero-order valence-electron chi connectivity index (χ0n) is 47.7. The number of hydrogen-bond acceptors (Lipinski definition) is 33. The summed E-state index contributed by atoms with van der Waals surface area (Å²) in [5, 5.41) is 28.5. The quantitative estimate of drug-likeness (QED) is 0.0193. The molecule has 0 fully saturated rings. The van der Waals surface area contributed by atoms with E-state index in [4.69, 9.17) is 57.8 Å². The van der Waals surface area contributed by atoms with E-state index in [1.807, 2.05) is 6.92 Å². The highest BCUT2D eigenvalue weighted by Crippen LogP contribution is 2.19. The van der Waals surface area contributed by atoms with Crippen molar-refractivity contribution >= 4 is 82.9 Å². The largest absolute Gasteiger partial charge is 0.354 e. The van der Waals surface area contributed by atoms with Gasteiger partial charge in [-0.15, -0.1) is 0 Å². The molecule has 6 aromatic heterocycles. The summed E-state index contributed by atoms with van der Waals surface area (Å²) in [6.45, 7) is 14.7. The van der Waals surface area contributed by atoms with E-state index >= 15 is 0 Å². The van der Waals surface area contributed by atoms with Gasteiger partial charge < -0.3 is 65.5 Å². The van der Waals surface area contributed by atoms with Crippen LogP contribution in [0.3, 0.4) is 0 Å². The predicted molar refractivity (Wildman–Crippen MR) is 327 cm³/mol. The molecule has 0 bridgehead atoms. The molecule has 6 rings (SSSR count). The molecule has 82 heavy (non-hydrogen) atoms. The Bertz CT molecular complexity index is 2800. The van der Waals surface area contributed by atoms with Crippen molar-refractivity contribution in [1.82, 2.24) is 89.7 Å². The SMILES string of the molecule is CCSc1nc(CCCN)nc(NCCCc2nc(NCCN)nc(NCCCc3nc(NCCCc4nc(NCCN)nc(NCCCc5nc(NCCCc6nc(C)nc(NCCN)n6)nc(SCC)n5)n4)nc(SCC)n3)n2)n1. The first-order chi connectivity index (χ1) is 40.2. The fourth-order valence-electron chi connectivity index (χ4n) is 7.50. The lowest BCUT2D eigenvalue weighted by molar-refractivity contribution is 0.732. The van der Waals surface area contributed by atoms with E-state index in [9.17, 15) is 0 Å². The molecule has 6 heterocycles. The molecule has 0 amide bonds. The minimum absolute atomic E-state index is 0.431. The first-order valence-electron chi connectivity index (χ1n) is 28.2. The van der Waals surface area contributed by atoms with E-state index in [-0.39, 0.29) is 0 Å². The molecular formula is C49H82N30S3. The molecule has 33 heteroatoms. The molecule has 0 aliphatic rings. The van der Waals surface area contributed by atoms with Crippen molar-refractivity contribution in [3.63, 3.8) is 0 Å². The van der Waals surface area contributed by atoms with Gasteiger partial charge in [-0.05, 0) is 69.3 Å². The van der Waals surface area contributed by atoms with Crippen LogP contribution in [0.2, 0.25) is 0 Å². The van der Waals surface area contributed by atoms with Crippen LogP contribution in [0.4, 0.5) is 47.6 Å². The van der Waals surface area contributed by atoms with E-state index in [1.165, 1.54) is 0 Å². The number of nitrogens with one attached hydrogen (secondary N) is 8. The third-order valence-corrected chi connectivity index (χ3v) is 13.3. The second-order valence-electron chi connectivity index (χ2n) is 18.0. The summed E-state index contributed by atoms with van der Waals surface area (Å²) in [7, 11) is 0. The average molecular weight is 1190 g/mol. The molecule has 0 aliphatic heterocycles. The molecule has 30 nitrogen and oxygen atoms in total. The molecule has 0 unspecified atom stereocenters. The standard InChI is InChI=1S/C49H82N30S3/c1-5-80-47-72-36(14-8-20-50)69-44(77-47)57-27-10-16-34-65-40(75-42(67-34)60-30-22-52)55-25-13-19-38-71-46(79-49(74-38)82-7-3)58-28-11-17-35-66-41(76-43(68-35)61-31-23-53)54-24-12-18-37-70-45(78-48(73-37)81-6-2)56-26-9-15-33-62-32(4)63-39(64-33)59-29-21-51/h5-31,50-53H2,1-4H3,(H,56,70,73,78)(H,57,69,72,77)(H,58,71,74,79)(H,59,62,63,64)(H2,54,61,66,68,76)(H2,55,60,65,67,75). The van der Waals surface area contributed by atoms with Crippen LogP contribution in [0.5, 0.6) is 0 Å². The molecule has 0 spiro atoms. The summed E-state index contributed by atoms with van der Waals surface area (Å²) in [6.07, 6.45) is 8.30. The smallest absolute Gasteiger partial charge is 0.227 e. The van der Waals surface area contributed by atoms with Crippen LogP contribution in [-0.2, 0) is 38.5 Å². The molecule has 6 aromatic rings. The normalized spacial score (nSPS) is 11.2. The van der Waals surface area contributed by atoms with Crippen LogP contribution in [0.25, 0.3) is 0 Å². The van der Waals surface area contributed by atoms with Gasteiger partial charge in [0.25, 0.3) is 0 Å². The highest BCUT2D eigenvalue weighted by molar-refractivity contribution is 7.99. The number of aromatic nitrogens is 18.